The second-order valence-corrected chi connectivity index (χ2v) is 3.06. The van der Waals surface area contributed by atoms with E-state index in [0.717, 1.165) is 0 Å². The Bertz CT molecular complexity index is 276. The summed E-state index contributed by atoms with van der Waals surface area (Å²) in [6.07, 6.45) is 0.105. The summed E-state index contributed by atoms with van der Waals surface area (Å²) in [5.41, 5.74) is 0.583. The van der Waals surface area contributed by atoms with Crippen LogP contribution >= 0.6 is 0 Å². The SMILES string of the molecule is CCOC(CO)Cc1ccccc1F. The highest BCUT2D eigenvalue weighted by molar-refractivity contribution is 5.18. The van der Waals surface area contributed by atoms with Crippen LogP contribution in [0.4, 0.5) is 4.39 Å². The fraction of sp³-hybridized carbons (Fsp3) is 0.455. The Hall–Kier alpha value is -0.930. The molecule has 0 spiro atoms. The van der Waals surface area contributed by atoms with Gasteiger partial charge in [-0.2, -0.15) is 0 Å². The number of aliphatic hydroxyl groups excluding tert-OH is 1. The van der Waals surface area contributed by atoms with Crippen molar-refractivity contribution < 1.29 is 14.2 Å². The molecule has 2 nitrogen and oxygen atoms in total. The molecule has 14 heavy (non-hydrogen) atoms. The summed E-state index contributed by atoms with van der Waals surface area (Å²) in [6.45, 7) is 2.30. The highest BCUT2D eigenvalue weighted by Crippen LogP contribution is 2.10. The molecule has 1 atom stereocenters. The number of hydrogen-bond donors (Lipinski definition) is 1. The van der Waals surface area contributed by atoms with Gasteiger partial charge < -0.3 is 9.84 Å². The molecule has 1 aromatic carbocycles. The van der Waals surface area contributed by atoms with Gasteiger partial charge in [0.25, 0.3) is 0 Å². The quantitative estimate of drug-likeness (QED) is 0.781. The van der Waals surface area contributed by atoms with E-state index in [2.05, 4.69) is 0 Å². The summed E-state index contributed by atoms with van der Waals surface area (Å²) in [5, 5.41) is 8.96. The molecule has 0 aliphatic rings. The van der Waals surface area contributed by atoms with Gasteiger partial charge in [-0.25, -0.2) is 4.39 Å². The molecule has 1 N–H and O–H groups in total. The van der Waals surface area contributed by atoms with Gasteiger partial charge in [0.2, 0.25) is 0 Å². The molecule has 0 fully saturated rings. The van der Waals surface area contributed by atoms with Crippen molar-refractivity contribution in [3.8, 4) is 0 Å². The van der Waals surface area contributed by atoms with Crippen molar-refractivity contribution in [1.82, 2.24) is 0 Å². The molecule has 0 aliphatic heterocycles. The number of hydrogen-bond acceptors (Lipinski definition) is 2. The average Bonchev–Trinajstić information content (AvgIpc) is 2.20. The Morgan fingerprint density at radius 2 is 2.14 bits per heavy atom. The molecular formula is C11H15FO2. The predicted octanol–water partition coefficient (Wildman–Crippen LogP) is 1.77. The molecule has 1 aromatic rings. The van der Waals surface area contributed by atoms with Crippen LogP contribution in [0.2, 0.25) is 0 Å². The van der Waals surface area contributed by atoms with Crippen LogP contribution < -0.4 is 0 Å². The number of halogens is 1. The number of aliphatic hydroxyl groups is 1. The minimum atomic E-state index is -0.308. The summed E-state index contributed by atoms with van der Waals surface area (Å²) in [6, 6.07) is 6.54. The van der Waals surface area contributed by atoms with Crippen LogP contribution in [-0.2, 0) is 11.2 Å². The molecule has 0 radical (unpaired) electrons. The summed E-state index contributed by atoms with van der Waals surface area (Å²) in [4.78, 5) is 0. The maximum atomic E-state index is 13.2. The van der Waals surface area contributed by atoms with E-state index in [-0.39, 0.29) is 18.5 Å². The summed E-state index contributed by atoms with van der Waals surface area (Å²) < 4.78 is 18.4. The molecule has 1 unspecified atom stereocenters. The van der Waals surface area contributed by atoms with Gasteiger partial charge >= 0.3 is 0 Å². The van der Waals surface area contributed by atoms with Crippen molar-refractivity contribution in [2.45, 2.75) is 19.4 Å². The Balaban J connectivity index is 2.62. The number of benzene rings is 1. The van der Waals surface area contributed by atoms with Gasteiger partial charge in [-0.15, -0.1) is 0 Å². The average molecular weight is 198 g/mol. The summed E-state index contributed by atoms with van der Waals surface area (Å²) >= 11 is 0. The normalized spacial score (nSPS) is 12.8. The first-order valence-electron chi connectivity index (χ1n) is 4.73. The molecule has 0 amide bonds. The van der Waals surface area contributed by atoms with E-state index in [9.17, 15) is 4.39 Å². The lowest BCUT2D eigenvalue weighted by Gasteiger charge is -2.14. The summed E-state index contributed by atoms with van der Waals surface area (Å²) in [7, 11) is 0. The maximum absolute atomic E-state index is 13.2. The van der Waals surface area contributed by atoms with E-state index in [0.29, 0.717) is 18.6 Å². The monoisotopic (exact) mass is 198 g/mol. The van der Waals surface area contributed by atoms with Crippen molar-refractivity contribution in [1.29, 1.82) is 0 Å². The van der Waals surface area contributed by atoms with Crippen LogP contribution in [0.5, 0.6) is 0 Å². The largest absolute Gasteiger partial charge is 0.394 e. The zero-order valence-electron chi connectivity index (χ0n) is 8.24. The first kappa shape index (κ1) is 11.1. The van der Waals surface area contributed by atoms with E-state index in [1.165, 1.54) is 6.07 Å². The van der Waals surface area contributed by atoms with Crippen LogP contribution in [-0.4, -0.2) is 24.4 Å². The smallest absolute Gasteiger partial charge is 0.126 e. The lowest BCUT2D eigenvalue weighted by atomic mass is 10.1. The molecule has 0 aliphatic carbocycles. The molecule has 0 bridgehead atoms. The van der Waals surface area contributed by atoms with Gasteiger partial charge in [0.15, 0.2) is 0 Å². The third-order valence-corrected chi connectivity index (χ3v) is 2.01. The highest BCUT2D eigenvalue weighted by Gasteiger charge is 2.10. The van der Waals surface area contributed by atoms with E-state index in [1.54, 1.807) is 18.2 Å². The third kappa shape index (κ3) is 3.09. The third-order valence-electron chi connectivity index (χ3n) is 2.01. The number of rotatable bonds is 5. The zero-order chi connectivity index (χ0) is 10.4. The van der Waals surface area contributed by atoms with E-state index in [1.807, 2.05) is 6.92 Å². The fourth-order valence-corrected chi connectivity index (χ4v) is 1.32. The van der Waals surface area contributed by atoms with Crippen molar-refractivity contribution in [2.75, 3.05) is 13.2 Å². The van der Waals surface area contributed by atoms with Gasteiger partial charge in [-0.05, 0) is 18.6 Å². The van der Waals surface area contributed by atoms with Crippen molar-refractivity contribution in [3.05, 3.63) is 35.6 Å². The zero-order valence-corrected chi connectivity index (χ0v) is 8.24. The maximum Gasteiger partial charge on any atom is 0.126 e. The minimum absolute atomic E-state index is 0.0812. The first-order valence-corrected chi connectivity index (χ1v) is 4.73. The Labute approximate surface area is 83.3 Å². The highest BCUT2D eigenvalue weighted by atomic mass is 19.1. The Morgan fingerprint density at radius 1 is 1.43 bits per heavy atom. The van der Waals surface area contributed by atoms with Crippen LogP contribution in [0.1, 0.15) is 12.5 Å². The molecule has 1 rings (SSSR count). The predicted molar refractivity (Wildman–Crippen MR) is 52.6 cm³/mol. The van der Waals surface area contributed by atoms with Gasteiger partial charge in [-0.1, -0.05) is 18.2 Å². The lowest BCUT2D eigenvalue weighted by Crippen LogP contribution is -2.21. The molecule has 0 saturated heterocycles. The second-order valence-electron chi connectivity index (χ2n) is 3.06. The van der Waals surface area contributed by atoms with Gasteiger partial charge in [0.1, 0.15) is 5.82 Å². The van der Waals surface area contributed by atoms with Crippen LogP contribution in [0.25, 0.3) is 0 Å². The van der Waals surface area contributed by atoms with Gasteiger partial charge in [0.05, 0.1) is 12.7 Å². The Morgan fingerprint density at radius 3 is 2.71 bits per heavy atom. The van der Waals surface area contributed by atoms with Crippen LogP contribution in [0, 0.1) is 5.82 Å². The molecule has 0 heterocycles. The van der Waals surface area contributed by atoms with Crippen LogP contribution in [0.15, 0.2) is 24.3 Å². The van der Waals surface area contributed by atoms with Crippen LogP contribution in [0.3, 0.4) is 0 Å². The van der Waals surface area contributed by atoms with E-state index >= 15 is 0 Å². The van der Waals surface area contributed by atoms with Crippen molar-refractivity contribution in [2.24, 2.45) is 0 Å². The van der Waals surface area contributed by atoms with Crippen molar-refractivity contribution >= 4 is 0 Å². The fourth-order valence-electron chi connectivity index (χ4n) is 1.32. The van der Waals surface area contributed by atoms with E-state index in [4.69, 9.17) is 9.84 Å². The lowest BCUT2D eigenvalue weighted by molar-refractivity contribution is 0.0202. The molecule has 0 aromatic heterocycles. The number of ether oxygens (including phenoxy) is 1. The molecular weight excluding hydrogens is 183 g/mol. The summed E-state index contributed by atoms with van der Waals surface area (Å²) in [5.74, 6) is -0.245. The van der Waals surface area contributed by atoms with E-state index < -0.39 is 0 Å². The minimum Gasteiger partial charge on any atom is -0.394 e. The second kappa shape index (κ2) is 5.73. The first-order chi connectivity index (χ1) is 6.77. The van der Waals surface area contributed by atoms with Crippen molar-refractivity contribution in [3.63, 3.8) is 0 Å². The van der Waals surface area contributed by atoms with Gasteiger partial charge in [-0.3, -0.25) is 0 Å². The molecule has 0 saturated carbocycles. The van der Waals surface area contributed by atoms with Gasteiger partial charge in [0, 0.05) is 13.0 Å². The standard InChI is InChI=1S/C11H15FO2/c1-2-14-10(8-13)7-9-5-3-4-6-11(9)12/h3-6,10,13H,2,7-8H2,1H3. The topological polar surface area (TPSA) is 29.5 Å². The Kier molecular flexibility index (Phi) is 4.56. The molecule has 3 heteroatoms. The molecule has 78 valence electrons.